The predicted octanol–water partition coefficient (Wildman–Crippen LogP) is 6.71. The Bertz CT molecular complexity index is 2560. The third-order valence-electron chi connectivity index (χ3n) is 10.9. The maximum atomic E-state index is 14.0. The number of ether oxygens (including phenoxy) is 2. The number of alkyl carbamates (subject to hydrolysis) is 1. The number of benzene rings is 4. The quantitative estimate of drug-likeness (QED) is 0.118. The Kier molecular flexibility index (Phi) is 9.89. The van der Waals surface area contributed by atoms with Crippen LogP contribution in [0.25, 0.3) is 44.1 Å². The number of fused-ring (bicyclic) bond motifs is 5. The third kappa shape index (κ3) is 7.16. The van der Waals surface area contributed by atoms with E-state index in [-0.39, 0.29) is 25.6 Å². The van der Waals surface area contributed by atoms with Crippen LogP contribution in [-0.4, -0.2) is 63.7 Å². The number of imide groups is 1. The zero-order valence-electron chi connectivity index (χ0n) is 32.4. The number of para-hydroxylation sites is 2. The Morgan fingerprint density at radius 3 is 1.95 bits per heavy atom. The molecule has 0 radical (unpaired) electrons. The van der Waals surface area contributed by atoms with Crippen LogP contribution in [0.15, 0.2) is 109 Å². The Labute approximate surface area is 330 Å². The molecule has 1 aliphatic carbocycles. The Hall–Kier alpha value is -6.30. The normalized spacial score (nSPS) is 15.2. The SMILES string of the molecule is Cn1cc(C2=C(c3cn(CCC(N)C(=O)[C@H](COC(C)(C)C)NC(=O)OCC4c5ccccc5-c5ccccc54)c4ccccc34)C(=O)NC2=O)c2ccccc21. The first-order valence-electron chi connectivity index (χ1n) is 19.2. The summed E-state index contributed by atoms with van der Waals surface area (Å²) in [5, 5.41) is 6.91. The van der Waals surface area contributed by atoms with Crippen LogP contribution in [0.5, 0.6) is 0 Å². The highest BCUT2D eigenvalue weighted by Gasteiger charge is 2.36. The number of hydrogen-bond donors (Lipinski definition) is 3. The van der Waals surface area contributed by atoms with Gasteiger partial charge in [-0.05, 0) is 61.6 Å². The molecular weight excluding hydrogens is 719 g/mol. The van der Waals surface area contributed by atoms with Gasteiger partial charge in [0.15, 0.2) is 5.78 Å². The molecule has 4 aromatic carbocycles. The van der Waals surface area contributed by atoms with E-state index in [0.29, 0.717) is 28.8 Å². The molecule has 11 nitrogen and oxygen atoms in total. The molecule has 3 amide bonds. The summed E-state index contributed by atoms with van der Waals surface area (Å²) < 4.78 is 15.6. The number of Topliss-reactive ketones (excluding diaryl/α,β-unsaturated/α-hetero) is 1. The molecule has 290 valence electrons. The summed E-state index contributed by atoms with van der Waals surface area (Å²) >= 11 is 0. The van der Waals surface area contributed by atoms with Gasteiger partial charge >= 0.3 is 6.09 Å². The smallest absolute Gasteiger partial charge is 0.407 e. The van der Waals surface area contributed by atoms with Gasteiger partial charge in [0.25, 0.3) is 11.8 Å². The Morgan fingerprint density at radius 1 is 0.772 bits per heavy atom. The minimum atomic E-state index is -1.06. The highest BCUT2D eigenvalue weighted by Crippen LogP contribution is 2.44. The first kappa shape index (κ1) is 37.6. The van der Waals surface area contributed by atoms with Gasteiger partial charge in [0.05, 0.1) is 29.4 Å². The van der Waals surface area contributed by atoms with E-state index in [1.807, 2.05) is 134 Å². The number of aromatic nitrogens is 2. The Morgan fingerprint density at radius 2 is 1.32 bits per heavy atom. The molecule has 0 fully saturated rings. The molecule has 2 aromatic heterocycles. The zero-order valence-corrected chi connectivity index (χ0v) is 32.4. The average molecular weight is 764 g/mol. The predicted molar refractivity (Wildman–Crippen MR) is 220 cm³/mol. The summed E-state index contributed by atoms with van der Waals surface area (Å²) in [6.07, 6.45) is 3.20. The molecule has 3 heterocycles. The van der Waals surface area contributed by atoms with Gasteiger partial charge in [-0.25, -0.2) is 4.79 Å². The summed E-state index contributed by atoms with van der Waals surface area (Å²) in [6, 6.07) is 29.5. The number of amides is 3. The van der Waals surface area contributed by atoms with E-state index in [2.05, 4.69) is 22.8 Å². The first-order chi connectivity index (χ1) is 27.4. The van der Waals surface area contributed by atoms with E-state index >= 15 is 0 Å². The number of hydrogen-bond acceptors (Lipinski definition) is 7. The maximum absolute atomic E-state index is 14.0. The molecule has 0 bridgehead atoms. The largest absolute Gasteiger partial charge is 0.449 e. The van der Waals surface area contributed by atoms with Gasteiger partial charge < -0.3 is 29.7 Å². The van der Waals surface area contributed by atoms with Gasteiger partial charge in [0, 0.05) is 64.8 Å². The van der Waals surface area contributed by atoms with Crippen molar-refractivity contribution in [3.8, 4) is 11.1 Å². The number of rotatable bonds is 12. The van der Waals surface area contributed by atoms with Gasteiger partial charge in [0.2, 0.25) is 0 Å². The van der Waals surface area contributed by atoms with Gasteiger partial charge in [-0.15, -0.1) is 0 Å². The summed E-state index contributed by atoms with van der Waals surface area (Å²) in [7, 11) is 1.91. The summed E-state index contributed by atoms with van der Waals surface area (Å²) in [5.74, 6) is -1.47. The van der Waals surface area contributed by atoms with Crippen molar-refractivity contribution in [2.75, 3.05) is 13.2 Å². The molecule has 0 saturated carbocycles. The van der Waals surface area contributed by atoms with Gasteiger partial charge in [-0.3, -0.25) is 19.7 Å². The lowest BCUT2D eigenvalue weighted by Crippen LogP contribution is -2.51. The monoisotopic (exact) mass is 763 g/mol. The van der Waals surface area contributed by atoms with E-state index in [1.165, 1.54) is 0 Å². The van der Waals surface area contributed by atoms with E-state index in [1.54, 1.807) is 0 Å². The van der Waals surface area contributed by atoms with Crippen LogP contribution in [-0.2, 0) is 37.4 Å². The number of aryl methyl sites for hydroxylation is 2. The van der Waals surface area contributed by atoms with Crippen molar-refractivity contribution in [1.82, 2.24) is 19.8 Å². The molecule has 4 N–H and O–H groups in total. The van der Waals surface area contributed by atoms with E-state index in [4.69, 9.17) is 15.2 Å². The highest BCUT2D eigenvalue weighted by molar-refractivity contribution is 6.50. The van der Waals surface area contributed by atoms with Crippen LogP contribution in [0.3, 0.4) is 0 Å². The molecule has 57 heavy (non-hydrogen) atoms. The van der Waals surface area contributed by atoms with E-state index in [0.717, 1.165) is 44.1 Å². The number of carbonyl (C=O) groups excluding carboxylic acids is 4. The lowest BCUT2D eigenvalue weighted by molar-refractivity contribution is -0.126. The maximum Gasteiger partial charge on any atom is 0.407 e. The van der Waals surface area contributed by atoms with Crippen LogP contribution < -0.4 is 16.4 Å². The van der Waals surface area contributed by atoms with E-state index in [9.17, 15) is 19.2 Å². The van der Waals surface area contributed by atoms with Crippen molar-refractivity contribution in [3.05, 3.63) is 132 Å². The first-order valence-corrected chi connectivity index (χ1v) is 19.2. The Balaban J connectivity index is 1.01. The number of carbonyl (C=O) groups is 4. The fourth-order valence-corrected chi connectivity index (χ4v) is 8.13. The molecule has 8 rings (SSSR count). The molecule has 0 saturated heterocycles. The van der Waals surface area contributed by atoms with Crippen LogP contribution in [0.2, 0.25) is 0 Å². The fraction of sp³-hybridized carbons (Fsp3) is 0.261. The molecule has 11 heteroatoms. The average Bonchev–Trinajstić information content (AvgIpc) is 3.92. The second-order valence-corrected chi connectivity index (χ2v) is 15.7. The van der Waals surface area contributed by atoms with Gasteiger partial charge in [-0.1, -0.05) is 84.9 Å². The highest BCUT2D eigenvalue weighted by atomic mass is 16.5. The number of nitrogens with one attached hydrogen (secondary N) is 2. The van der Waals surface area contributed by atoms with Crippen molar-refractivity contribution in [1.29, 1.82) is 0 Å². The zero-order chi connectivity index (χ0) is 40.0. The van der Waals surface area contributed by atoms with Crippen molar-refractivity contribution >= 4 is 56.6 Å². The molecule has 2 atom stereocenters. The molecule has 6 aromatic rings. The lowest BCUT2D eigenvalue weighted by Gasteiger charge is -2.26. The van der Waals surface area contributed by atoms with Crippen LogP contribution >= 0.6 is 0 Å². The summed E-state index contributed by atoms with van der Waals surface area (Å²) in [4.78, 5) is 54.3. The molecule has 2 aliphatic rings. The van der Waals surface area contributed by atoms with Gasteiger partial charge in [0.1, 0.15) is 12.6 Å². The molecule has 0 spiro atoms. The summed E-state index contributed by atoms with van der Waals surface area (Å²) in [5.41, 5.74) is 14.0. The molecule has 1 unspecified atom stereocenters. The lowest BCUT2D eigenvalue weighted by atomic mass is 9.95. The van der Waals surface area contributed by atoms with Crippen LogP contribution in [0, 0.1) is 0 Å². The second kappa shape index (κ2) is 15.0. The van der Waals surface area contributed by atoms with Crippen LogP contribution in [0.1, 0.15) is 55.4 Å². The van der Waals surface area contributed by atoms with Crippen molar-refractivity contribution in [2.45, 2.75) is 57.3 Å². The second-order valence-electron chi connectivity index (χ2n) is 15.7. The summed E-state index contributed by atoms with van der Waals surface area (Å²) in [6.45, 7) is 5.93. The van der Waals surface area contributed by atoms with Crippen LogP contribution in [0.4, 0.5) is 4.79 Å². The fourth-order valence-electron chi connectivity index (χ4n) is 8.13. The number of nitrogens with two attached hydrogens (primary N) is 1. The van der Waals surface area contributed by atoms with Crippen molar-refractivity contribution in [3.63, 3.8) is 0 Å². The minimum Gasteiger partial charge on any atom is -0.449 e. The van der Waals surface area contributed by atoms with Gasteiger partial charge in [-0.2, -0.15) is 0 Å². The molecule has 1 aliphatic heterocycles. The number of nitrogens with zero attached hydrogens (tertiary/aromatic N) is 2. The standard InChI is InChI=1S/C46H45N5O6/c1-46(2,3)57-26-37(48-45(55)56-25-35-29-15-7-5-13-27(29)28-14-6-8-16-30(28)35)42(52)36(47)21-22-51-24-34(32-18-10-12-20-39(32)51)41-40(43(53)49-44(41)54)33-23-50(4)38-19-11-9-17-31(33)38/h5-20,23-24,35-37H,21-22,25-26,47H2,1-4H3,(H,48,55)(H,49,53,54)/t36?,37-/m0/s1. The van der Waals surface area contributed by atoms with E-state index < -0.39 is 41.4 Å². The molecular formula is C46H45N5O6. The minimum absolute atomic E-state index is 0.0922. The topological polar surface area (TPSA) is 147 Å². The van der Waals surface area contributed by atoms with Crippen molar-refractivity contribution in [2.24, 2.45) is 12.8 Å². The third-order valence-corrected chi connectivity index (χ3v) is 10.9. The number of ketones is 1. The van der Waals surface area contributed by atoms with Crippen molar-refractivity contribution < 1.29 is 28.7 Å².